The van der Waals surface area contributed by atoms with E-state index in [1.54, 1.807) is 41.5 Å². The van der Waals surface area contributed by atoms with Crippen LogP contribution < -0.4 is 21.3 Å². The quantitative estimate of drug-likeness (QED) is 0.136. The van der Waals surface area contributed by atoms with Crippen LogP contribution in [0.3, 0.4) is 0 Å². The highest BCUT2D eigenvalue weighted by Crippen LogP contribution is 2.26. The van der Waals surface area contributed by atoms with Crippen molar-refractivity contribution in [3.8, 4) is 0 Å². The molecule has 6 N–H and O–H groups in total. The molecular formula is C60H109N11O13S. The number of nitrogens with one attached hydrogen (secondary N) is 4. The molecule has 0 aromatic heterocycles. The molecular weight excluding hydrogens is 1110 g/mol. The smallest absolute Gasteiger partial charge is 0.246 e. The fourth-order valence-corrected chi connectivity index (χ4v) is 11.3. The van der Waals surface area contributed by atoms with Crippen LogP contribution in [0.25, 0.3) is 0 Å². The van der Waals surface area contributed by atoms with Crippen molar-refractivity contribution in [3.63, 3.8) is 0 Å². The van der Waals surface area contributed by atoms with E-state index >= 15 is 9.59 Å². The van der Waals surface area contributed by atoms with E-state index in [9.17, 15) is 53.4 Å². The van der Waals surface area contributed by atoms with Gasteiger partial charge in [-0.3, -0.25) is 52.7 Å². The Morgan fingerprint density at radius 2 is 0.941 bits per heavy atom. The molecule has 0 aromatic rings. The first kappa shape index (κ1) is 77.5. The zero-order valence-electron chi connectivity index (χ0n) is 55.7. The van der Waals surface area contributed by atoms with Gasteiger partial charge in [0.25, 0.3) is 0 Å². The van der Waals surface area contributed by atoms with Gasteiger partial charge in [-0.25, -0.2) is 0 Å². The van der Waals surface area contributed by atoms with Gasteiger partial charge in [-0.15, -0.1) is 0 Å². The van der Waals surface area contributed by atoms with Gasteiger partial charge < -0.3 is 65.8 Å². The molecule has 0 radical (unpaired) electrons. The molecule has 0 aromatic carbocycles. The highest BCUT2D eigenvalue weighted by Gasteiger charge is 2.46. The number of thioether (sulfide) groups is 1. The molecule has 0 aliphatic carbocycles. The SMILES string of the molecule is CC[C@@H]1NC(=O)[C@H]([C@H](O)[C@H](C)CSC)N(C)C(=O)[C@H](C(C)C)N(C)C(=O)[C@H](CC(C)C)N(C)C(=O)[C@H](CC(C)C)N(C)C(=O)[C@@H](C)NC(=O)[C@H](C)NC(=O)[C@H](CC(C)C)N(C)C(=O)[C@H](C(C)C)NC(=O)[C@H](CC(C)(C)O)N(C)C(=O)CN(C)C1=O. The lowest BCUT2D eigenvalue weighted by molar-refractivity contribution is -0.157. The number of aliphatic hydroxyl groups is 2. The molecule has 0 unspecified atom stereocenters. The summed E-state index contributed by atoms with van der Waals surface area (Å²) in [4.78, 5) is 168. The average molecular weight is 1220 g/mol. The Morgan fingerprint density at radius 3 is 1.39 bits per heavy atom. The van der Waals surface area contributed by atoms with Crippen molar-refractivity contribution in [3.05, 3.63) is 0 Å². The second kappa shape index (κ2) is 34.1. The van der Waals surface area contributed by atoms with E-state index in [0.717, 1.165) is 14.7 Å². The van der Waals surface area contributed by atoms with Crippen LogP contribution in [0.15, 0.2) is 0 Å². The molecule has 488 valence electrons. The first-order chi connectivity index (χ1) is 39.0. The number of nitrogens with zero attached hydrogens (tertiary/aromatic N) is 7. The maximum absolute atomic E-state index is 15.1. The Morgan fingerprint density at radius 1 is 0.506 bits per heavy atom. The summed E-state index contributed by atoms with van der Waals surface area (Å²) in [5, 5.41) is 33.9. The summed E-state index contributed by atoms with van der Waals surface area (Å²) in [6.45, 7) is 26.3. The zero-order valence-corrected chi connectivity index (χ0v) is 56.5. The van der Waals surface area contributed by atoms with Gasteiger partial charge >= 0.3 is 0 Å². The third kappa shape index (κ3) is 22.0. The van der Waals surface area contributed by atoms with Crippen molar-refractivity contribution in [2.24, 2.45) is 35.5 Å². The Kier molecular flexibility index (Phi) is 31.1. The van der Waals surface area contributed by atoms with E-state index in [1.807, 2.05) is 47.8 Å². The number of carbonyl (C=O) groups excluding carboxylic acids is 11. The van der Waals surface area contributed by atoms with Crippen LogP contribution in [0.2, 0.25) is 0 Å². The Balaban J connectivity index is 4.33. The predicted molar refractivity (Wildman–Crippen MR) is 329 cm³/mol. The molecule has 1 saturated heterocycles. The molecule has 0 bridgehead atoms. The third-order valence-corrected chi connectivity index (χ3v) is 16.6. The lowest BCUT2D eigenvalue weighted by Gasteiger charge is -2.41. The summed E-state index contributed by atoms with van der Waals surface area (Å²) < 4.78 is 0. The number of aliphatic hydroxyl groups excluding tert-OH is 1. The van der Waals surface area contributed by atoms with Gasteiger partial charge in [-0.2, -0.15) is 11.8 Å². The second-order valence-electron chi connectivity index (χ2n) is 26.1. The van der Waals surface area contributed by atoms with E-state index in [4.69, 9.17) is 0 Å². The number of likely N-dealkylation sites (N-methyl/N-ethyl adjacent to an activating group) is 7. The van der Waals surface area contributed by atoms with Crippen molar-refractivity contribution >= 4 is 76.7 Å². The maximum Gasteiger partial charge on any atom is 0.246 e. The minimum atomic E-state index is -1.62. The largest absolute Gasteiger partial charge is 0.390 e. The van der Waals surface area contributed by atoms with Crippen molar-refractivity contribution < 1.29 is 63.0 Å². The molecule has 0 saturated carbocycles. The summed E-state index contributed by atoms with van der Waals surface area (Å²) in [5.41, 5.74) is -1.55. The topological polar surface area (TPSA) is 299 Å². The molecule has 11 amide bonds. The fraction of sp³-hybridized carbons (Fsp3) is 0.817. The molecule has 1 aliphatic heterocycles. The van der Waals surface area contributed by atoms with Crippen LogP contribution >= 0.6 is 11.8 Å². The predicted octanol–water partition coefficient (Wildman–Crippen LogP) is 1.78. The Bertz CT molecular complexity index is 2310. The van der Waals surface area contributed by atoms with Crippen molar-refractivity contribution in [2.75, 3.05) is 67.9 Å². The lowest BCUT2D eigenvalue weighted by Crippen LogP contribution is -2.63. The molecule has 1 aliphatic rings. The van der Waals surface area contributed by atoms with Crippen LogP contribution in [0, 0.1) is 35.5 Å². The van der Waals surface area contributed by atoms with Gasteiger partial charge in [-0.1, -0.05) is 83.1 Å². The van der Waals surface area contributed by atoms with Gasteiger partial charge in [-0.05, 0) is 101 Å². The van der Waals surface area contributed by atoms with Crippen LogP contribution in [-0.2, 0) is 52.7 Å². The number of amides is 11. The van der Waals surface area contributed by atoms with E-state index < -0.39 is 161 Å². The second-order valence-corrected chi connectivity index (χ2v) is 27.0. The minimum absolute atomic E-state index is 0.00730. The molecule has 12 atom stereocenters. The number of carbonyl (C=O) groups is 11. The van der Waals surface area contributed by atoms with Crippen LogP contribution in [0.1, 0.15) is 143 Å². The monoisotopic (exact) mass is 1220 g/mol. The van der Waals surface area contributed by atoms with E-state index in [2.05, 4.69) is 21.3 Å². The highest BCUT2D eigenvalue weighted by atomic mass is 32.2. The number of hydrogen-bond acceptors (Lipinski definition) is 14. The normalized spacial score (nSPS) is 27.0. The van der Waals surface area contributed by atoms with E-state index in [-0.39, 0.29) is 49.9 Å². The third-order valence-electron chi connectivity index (χ3n) is 15.8. The lowest BCUT2D eigenvalue weighted by atomic mass is 9.93. The van der Waals surface area contributed by atoms with Gasteiger partial charge in [0.15, 0.2) is 0 Å². The molecule has 85 heavy (non-hydrogen) atoms. The molecule has 1 heterocycles. The highest BCUT2D eigenvalue weighted by molar-refractivity contribution is 7.98. The summed E-state index contributed by atoms with van der Waals surface area (Å²) in [6.07, 6.45) is 0.403. The summed E-state index contributed by atoms with van der Waals surface area (Å²) in [7, 11) is 9.68. The standard InChI is InChI=1S/C60H109N11O13S/c1-25-40-55(79)65(17)30-45(72)66(18)44(29-60(15,16)84)52(76)64-46(35(8)9)58(82)67(19)41(26-32(2)3)51(75)61-38(13)50(74)62-39(14)54(78)68(20)42(27-33(4)5)56(80)69(21)43(28-34(6)7)57(81)70(22)47(36(10)11)59(83)71(23)48(53(77)63-40)49(73)37(12)31-85-24/h32-44,46-49,73,84H,25-31H2,1-24H3,(H,61,75)(H,62,74)(H,63,77)(H,64,76)/t37-,38+,39-,40+,41+,42+,43+,44+,46+,47+,48+,49-/m1/s1. The van der Waals surface area contributed by atoms with Crippen LogP contribution in [0.5, 0.6) is 0 Å². The Labute approximate surface area is 511 Å². The molecule has 25 heteroatoms. The van der Waals surface area contributed by atoms with E-state index in [0.29, 0.717) is 5.75 Å². The summed E-state index contributed by atoms with van der Waals surface area (Å²) in [5.74, 6) is -9.81. The van der Waals surface area contributed by atoms with Crippen molar-refractivity contribution in [1.29, 1.82) is 0 Å². The number of hydrogen-bond donors (Lipinski definition) is 6. The molecule has 1 fully saturated rings. The van der Waals surface area contributed by atoms with Crippen molar-refractivity contribution in [2.45, 2.75) is 215 Å². The van der Waals surface area contributed by atoms with Crippen LogP contribution in [-0.4, -0.2) is 250 Å². The van der Waals surface area contributed by atoms with Gasteiger partial charge in [0.2, 0.25) is 65.0 Å². The average Bonchev–Trinajstić information content (AvgIpc) is 2.86. The number of rotatable bonds is 15. The van der Waals surface area contributed by atoms with Crippen molar-refractivity contribution in [1.82, 2.24) is 55.6 Å². The fourth-order valence-electron chi connectivity index (χ4n) is 10.5. The zero-order chi connectivity index (χ0) is 66.2. The minimum Gasteiger partial charge on any atom is -0.390 e. The first-order valence-electron chi connectivity index (χ1n) is 30.0. The molecule has 24 nitrogen and oxygen atoms in total. The van der Waals surface area contributed by atoms with Gasteiger partial charge in [0.05, 0.1) is 18.2 Å². The van der Waals surface area contributed by atoms with Gasteiger partial charge in [0.1, 0.15) is 60.4 Å². The van der Waals surface area contributed by atoms with Gasteiger partial charge in [0, 0.05) is 55.8 Å². The van der Waals surface area contributed by atoms with Crippen LogP contribution in [0.4, 0.5) is 0 Å². The first-order valence-corrected chi connectivity index (χ1v) is 31.3. The maximum atomic E-state index is 15.1. The summed E-state index contributed by atoms with van der Waals surface area (Å²) >= 11 is 1.40. The molecule has 0 spiro atoms. The molecule has 1 rings (SSSR count). The summed E-state index contributed by atoms with van der Waals surface area (Å²) in [6, 6.07) is -12.8. The van der Waals surface area contributed by atoms with E-state index in [1.165, 1.54) is 108 Å². The Hall–Kier alpha value is -5.56.